The monoisotopic (exact) mass is 241 g/mol. The summed E-state index contributed by atoms with van der Waals surface area (Å²) in [7, 11) is 1.36. The Bertz CT molecular complexity index is 395. The van der Waals surface area contributed by atoms with Gasteiger partial charge >= 0.3 is 5.97 Å². The zero-order valence-corrected chi connectivity index (χ0v) is 9.87. The van der Waals surface area contributed by atoms with E-state index in [9.17, 15) is 9.18 Å². The molecule has 0 aromatic heterocycles. The van der Waals surface area contributed by atoms with Gasteiger partial charge in [0.05, 0.1) is 7.11 Å². The first-order chi connectivity index (χ1) is 8.08. The van der Waals surface area contributed by atoms with E-state index in [4.69, 9.17) is 9.84 Å². The number of carboxylic acid groups (broad SMARTS) is 1. The van der Waals surface area contributed by atoms with E-state index in [2.05, 4.69) is 5.32 Å². The number of anilines is 1. The molecule has 0 amide bonds. The van der Waals surface area contributed by atoms with Crippen LogP contribution < -0.4 is 10.1 Å². The van der Waals surface area contributed by atoms with Gasteiger partial charge in [0.1, 0.15) is 6.04 Å². The molecule has 1 unspecified atom stereocenters. The highest BCUT2D eigenvalue weighted by molar-refractivity contribution is 5.77. The highest BCUT2D eigenvalue weighted by Crippen LogP contribution is 2.22. The molecule has 17 heavy (non-hydrogen) atoms. The van der Waals surface area contributed by atoms with Crippen LogP contribution in [0.3, 0.4) is 0 Å². The van der Waals surface area contributed by atoms with E-state index in [0.29, 0.717) is 12.1 Å². The van der Waals surface area contributed by atoms with Gasteiger partial charge in [0, 0.05) is 11.8 Å². The second-order valence-corrected chi connectivity index (χ2v) is 3.67. The average Bonchev–Trinajstić information content (AvgIpc) is 2.30. The van der Waals surface area contributed by atoms with Crippen LogP contribution in [0.15, 0.2) is 18.2 Å². The van der Waals surface area contributed by atoms with Gasteiger partial charge in [-0.05, 0) is 18.6 Å². The molecule has 0 radical (unpaired) electrons. The third-order valence-corrected chi connectivity index (χ3v) is 2.37. The van der Waals surface area contributed by atoms with Crippen molar-refractivity contribution < 1.29 is 19.0 Å². The lowest BCUT2D eigenvalue weighted by atomic mass is 10.1. The maximum absolute atomic E-state index is 13.1. The summed E-state index contributed by atoms with van der Waals surface area (Å²) in [5, 5.41) is 11.8. The van der Waals surface area contributed by atoms with Crippen LogP contribution >= 0.6 is 0 Å². The van der Waals surface area contributed by atoms with Crippen LogP contribution in [0.1, 0.15) is 19.8 Å². The maximum atomic E-state index is 13.1. The zero-order chi connectivity index (χ0) is 12.8. The molecule has 1 rings (SSSR count). The standard InChI is InChI=1S/C12H16FNO3/c1-3-4-10(12(15)16)14-8-5-6-9(13)11(7-8)17-2/h5-7,10,14H,3-4H2,1-2H3,(H,15,16). The second-order valence-electron chi connectivity index (χ2n) is 3.67. The van der Waals surface area contributed by atoms with E-state index < -0.39 is 17.8 Å². The Hall–Kier alpha value is -1.78. The molecule has 5 heteroatoms. The van der Waals surface area contributed by atoms with Gasteiger partial charge in [0.25, 0.3) is 0 Å². The fourth-order valence-electron chi connectivity index (χ4n) is 1.50. The summed E-state index contributed by atoms with van der Waals surface area (Å²) >= 11 is 0. The molecule has 94 valence electrons. The van der Waals surface area contributed by atoms with Gasteiger partial charge in [-0.3, -0.25) is 0 Å². The van der Waals surface area contributed by atoms with Crippen molar-refractivity contribution in [2.75, 3.05) is 12.4 Å². The number of hydrogen-bond donors (Lipinski definition) is 2. The number of ether oxygens (including phenoxy) is 1. The summed E-state index contributed by atoms with van der Waals surface area (Å²) in [6, 6.07) is 3.51. The molecule has 0 saturated carbocycles. The fraction of sp³-hybridized carbons (Fsp3) is 0.417. The molecule has 0 aliphatic carbocycles. The van der Waals surface area contributed by atoms with Crippen molar-refractivity contribution in [3.63, 3.8) is 0 Å². The minimum atomic E-state index is -0.921. The first-order valence-corrected chi connectivity index (χ1v) is 5.41. The molecule has 1 aromatic rings. The van der Waals surface area contributed by atoms with Gasteiger partial charge in [0.15, 0.2) is 11.6 Å². The molecule has 1 atom stereocenters. The lowest BCUT2D eigenvalue weighted by Gasteiger charge is -2.15. The predicted octanol–water partition coefficient (Wildman–Crippen LogP) is 2.50. The summed E-state index contributed by atoms with van der Waals surface area (Å²) in [6.07, 6.45) is 1.26. The number of rotatable bonds is 6. The fourth-order valence-corrected chi connectivity index (χ4v) is 1.50. The molecule has 0 fully saturated rings. The van der Waals surface area contributed by atoms with Gasteiger partial charge < -0.3 is 15.2 Å². The van der Waals surface area contributed by atoms with Crippen molar-refractivity contribution in [3.05, 3.63) is 24.0 Å². The van der Waals surface area contributed by atoms with Gasteiger partial charge in [-0.2, -0.15) is 0 Å². The van der Waals surface area contributed by atoms with Gasteiger partial charge in [-0.1, -0.05) is 13.3 Å². The molecule has 0 aliphatic heterocycles. The molecule has 1 aromatic carbocycles. The van der Waals surface area contributed by atoms with E-state index in [0.717, 1.165) is 6.42 Å². The lowest BCUT2D eigenvalue weighted by molar-refractivity contribution is -0.138. The predicted molar refractivity (Wildman–Crippen MR) is 62.9 cm³/mol. The van der Waals surface area contributed by atoms with E-state index in [1.54, 1.807) is 0 Å². The Morgan fingerprint density at radius 3 is 2.82 bits per heavy atom. The number of halogens is 1. The number of nitrogens with one attached hydrogen (secondary N) is 1. The van der Waals surface area contributed by atoms with Crippen LogP contribution in [0, 0.1) is 5.82 Å². The summed E-state index contributed by atoms with van der Waals surface area (Å²) in [5.41, 5.74) is 0.532. The van der Waals surface area contributed by atoms with E-state index >= 15 is 0 Å². The molecular formula is C12H16FNO3. The molecular weight excluding hydrogens is 225 g/mol. The van der Waals surface area contributed by atoms with Crippen LogP contribution in [-0.2, 0) is 4.79 Å². The first-order valence-electron chi connectivity index (χ1n) is 5.41. The smallest absolute Gasteiger partial charge is 0.326 e. The van der Waals surface area contributed by atoms with Crippen LogP contribution in [-0.4, -0.2) is 24.2 Å². The van der Waals surface area contributed by atoms with Crippen LogP contribution in [0.4, 0.5) is 10.1 Å². The van der Waals surface area contributed by atoms with Crippen molar-refractivity contribution in [2.24, 2.45) is 0 Å². The number of aliphatic carboxylic acids is 1. The normalized spacial score (nSPS) is 11.9. The van der Waals surface area contributed by atoms with Gasteiger partial charge in [0.2, 0.25) is 0 Å². The summed E-state index contributed by atoms with van der Waals surface area (Å²) < 4.78 is 18.0. The quantitative estimate of drug-likeness (QED) is 0.803. The Kier molecular flexibility index (Phi) is 4.75. The number of carbonyl (C=O) groups is 1. The number of methoxy groups -OCH3 is 1. The van der Waals surface area contributed by atoms with Crippen molar-refractivity contribution >= 4 is 11.7 Å². The summed E-state index contributed by atoms with van der Waals surface area (Å²) in [6.45, 7) is 1.91. The molecule has 0 aliphatic rings. The SMILES string of the molecule is CCCC(Nc1ccc(F)c(OC)c1)C(=O)O. The van der Waals surface area contributed by atoms with E-state index in [-0.39, 0.29) is 5.75 Å². The van der Waals surface area contributed by atoms with Crippen molar-refractivity contribution in [1.82, 2.24) is 0 Å². The molecule has 0 heterocycles. The van der Waals surface area contributed by atoms with Gasteiger partial charge in [-0.15, -0.1) is 0 Å². The Morgan fingerprint density at radius 2 is 2.29 bits per heavy atom. The molecule has 0 spiro atoms. The highest BCUT2D eigenvalue weighted by atomic mass is 19.1. The van der Waals surface area contributed by atoms with Crippen LogP contribution in [0.2, 0.25) is 0 Å². The Labute approximate surface area is 99.4 Å². The van der Waals surface area contributed by atoms with Crippen molar-refractivity contribution in [2.45, 2.75) is 25.8 Å². The van der Waals surface area contributed by atoms with E-state index in [1.807, 2.05) is 6.92 Å². The van der Waals surface area contributed by atoms with Crippen molar-refractivity contribution in [1.29, 1.82) is 0 Å². The van der Waals surface area contributed by atoms with Crippen molar-refractivity contribution in [3.8, 4) is 5.75 Å². The molecule has 4 nitrogen and oxygen atoms in total. The van der Waals surface area contributed by atoms with Crippen LogP contribution in [0.25, 0.3) is 0 Å². The Morgan fingerprint density at radius 1 is 1.59 bits per heavy atom. The lowest BCUT2D eigenvalue weighted by Crippen LogP contribution is -2.28. The minimum absolute atomic E-state index is 0.0932. The molecule has 0 saturated heterocycles. The second kappa shape index (κ2) is 6.08. The number of carboxylic acids is 1. The topological polar surface area (TPSA) is 58.6 Å². The largest absolute Gasteiger partial charge is 0.494 e. The third kappa shape index (κ3) is 3.62. The average molecular weight is 241 g/mol. The number of hydrogen-bond acceptors (Lipinski definition) is 3. The van der Waals surface area contributed by atoms with Crippen LogP contribution in [0.5, 0.6) is 5.75 Å². The minimum Gasteiger partial charge on any atom is -0.494 e. The number of benzene rings is 1. The third-order valence-electron chi connectivity index (χ3n) is 2.37. The summed E-state index contributed by atoms with van der Waals surface area (Å²) in [4.78, 5) is 10.9. The Balaban J connectivity index is 2.82. The zero-order valence-electron chi connectivity index (χ0n) is 9.87. The molecule has 0 bridgehead atoms. The highest BCUT2D eigenvalue weighted by Gasteiger charge is 2.16. The first kappa shape index (κ1) is 13.3. The molecule has 2 N–H and O–H groups in total. The van der Waals surface area contributed by atoms with Gasteiger partial charge in [-0.25, -0.2) is 9.18 Å². The maximum Gasteiger partial charge on any atom is 0.326 e. The summed E-state index contributed by atoms with van der Waals surface area (Å²) in [5.74, 6) is -1.30. The van der Waals surface area contributed by atoms with E-state index in [1.165, 1.54) is 25.3 Å².